The predicted molar refractivity (Wildman–Crippen MR) is 99.0 cm³/mol. The molecule has 2 aromatic rings. The molecule has 0 bridgehead atoms. The maximum atomic E-state index is 12.3. The minimum absolute atomic E-state index is 0.0480. The van der Waals surface area contributed by atoms with Crippen molar-refractivity contribution in [2.75, 3.05) is 20.8 Å². The molecule has 8 heteroatoms. The van der Waals surface area contributed by atoms with Crippen molar-refractivity contribution in [3.63, 3.8) is 0 Å². The Balaban J connectivity index is 2.53. The number of aromatic hydroxyl groups is 1. The Bertz CT molecular complexity index is 945. The molecule has 0 spiro atoms. The summed E-state index contributed by atoms with van der Waals surface area (Å²) >= 11 is 6.07. The van der Waals surface area contributed by atoms with Crippen molar-refractivity contribution in [3.05, 3.63) is 50.3 Å². The summed E-state index contributed by atoms with van der Waals surface area (Å²) in [6.45, 7) is 1.92. The average Bonchev–Trinajstić information content (AvgIpc) is 2.62. The van der Waals surface area contributed by atoms with Crippen LogP contribution in [0.2, 0.25) is 5.02 Å². The molecule has 7 nitrogen and oxygen atoms in total. The third-order valence-electron chi connectivity index (χ3n) is 3.84. The second-order valence-corrected chi connectivity index (χ2v) is 5.78. The summed E-state index contributed by atoms with van der Waals surface area (Å²) in [6, 6.07) is 6.86. The van der Waals surface area contributed by atoms with Gasteiger partial charge in [-0.2, -0.15) is 5.26 Å². The number of aliphatic imine (C=N–C) groups is 1. The first kappa shape index (κ1) is 19.5. The number of hydrogen-bond acceptors (Lipinski definition) is 6. The zero-order chi connectivity index (χ0) is 19.3. The number of benzene rings is 1. The number of ether oxygens (including phenoxy) is 2. The van der Waals surface area contributed by atoms with E-state index in [0.717, 1.165) is 4.57 Å². The van der Waals surface area contributed by atoms with Crippen LogP contribution in [0.5, 0.6) is 11.6 Å². The van der Waals surface area contributed by atoms with E-state index in [-0.39, 0.29) is 30.2 Å². The molecule has 0 radical (unpaired) electrons. The molecule has 0 unspecified atom stereocenters. The van der Waals surface area contributed by atoms with E-state index in [2.05, 4.69) is 4.99 Å². The van der Waals surface area contributed by atoms with Crippen molar-refractivity contribution in [1.29, 1.82) is 5.26 Å². The molecule has 0 aliphatic rings. The Kier molecular flexibility index (Phi) is 6.39. The topological polar surface area (TPSA) is 96.8 Å². The van der Waals surface area contributed by atoms with Gasteiger partial charge >= 0.3 is 0 Å². The number of nitrogens with zero attached hydrogens (tertiary/aromatic N) is 3. The van der Waals surface area contributed by atoms with Gasteiger partial charge in [0.15, 0.2) is 0 Å². The van der Waals surface area contributed by atoms with Crippen LogP contribution in [0.25, 0.3) is 0 Å². The van der Waals surface area contributed by atoms with Gasteiger partial charge in [-0.1, -0.05) is 11.6 Å². The number of halogens is 1. The number of rotatable bonds is 6. The summed E-state index contributed by atoms with van der Waals surface area (Å²) in [5.41, 5.74) is 0.552. The molecule has 0 saturated heterocycles. The van der Waals surface area contributed by atoms with Crippen LogP contribution in [-0.2, 0) is 11.3 Å². The molecule has 136 valence electrons. The third kappa shape index (κ3) is 3.87. The Morgan fingerprint density at radius 3 is 2.73 bits per heavy atom. The summed E-state index contributed by atoms with van der Waals surface area (Å²) in [5.74, 6) is 0.247. The Morgan fingerprint density at radius 1 is 1.42 bits per heavy atom. The molecule has 1 N–H and O–H groups in total. The van der Waals surface area contributed by atoms with Crippen molar-refractivity contribution < 1.29 is 14.6 Å². The van der Waals surface area contributed by atoms with E-state index in [1.165, 1.54) is 20.4 Å². The smallest absolute Gasteiger partial charge is 0.271 e. The van der Waals surface area contributed by atoms with Gasteiger partial charge < -0.3 is 14.6 Å². The molecule has 1 aromatic carbocycles. The lowest BCUT2D eigenvalue weighted by atomic mass is 10.1. The van der Waals surface area contributed by atoms with E-state index in [1.54, 1.807) is 25.1 Å². The number of nitriles is 1. The number of methoxy groups -OCH3 is 2. The SMILES string of the molecule is COCCn1c(O)c(C=Nc2ccc(OC)c(Cl)c2)c(C)c(C#N)c1=O. The Morgan fingerprint density at radius 2 is 2.15 bits per heavy atom. The van der Waals surface area contributed by atoms with Gasteiger partial charge in [-0.25, -0.2) is 0 Å². The van der Waals surface area contributed by atoms with Crippen molar-refractivity contribution in [3.8, 4) is 17.7 Å². The Hall–Kier alpha value is -2.82. The van der Waals surface area contributed by atoms with Crippen LogP contribution in [0.1, 0.15) is 16.7 Å². The second kappa shape index (κ2) is 8.52. The monoisotopic (exact) mass is 375 g/mol. The first-order valence-electron chi connectivity index (χ1n) is 7.67. The average molecular weight is 376 g/mol. The first-order valence-corrected chi connectivity index (χ1v) is 8.05. The molecule has 1 heterocycles. The van der Waals surface area contributed by atoms with Crippen LogP contribution in [-0.4, -0.2) is 36.7 Å². The number of aromatic nitrogens is 1. The molecular weight excluding hydrogens is 358 g/mol. The molecular formula is C18H18ClN3O4. The quantitative estimate of drug-likeness (QED) is 0.783. The number of hydrogen-bond donors (Lipinski definition) is 1. The maximum absolute atomic E-state index is 12.3. The minimum Gasteiger partial charge on any atom is -0.495 e. The lowest BCUT2D eigenvalue weighted by Crippen LogP contribution is -2.26. The van der Waals surface area contributed by atoms with Crippen molar-refractivity contribution in [1.82, 2.24) is 4.57 Å². The lowest BCUT2D eigenvalue weighted by molar-refractivity contribution is 0.182. The highest BCUT2D eigenvalue weighted by molar-refractivity contribution is 6.32. The summed E-state index contributed by atoms with van der Waals surface area (Å²) in [4.78, 5) is 16.6. The highest BCUT2D eigenvalue weighted by Crippen LogP contribution is 2.29. The van der Waals surface area contributed by atoms with Gasteiger partial charge in [0.1, 0.15) is 17.4 Å². The molecule has 0 amide bonds. The van der Waals surface area contributed by atoms with Crippen LogP contribution in [0, 0.1) is 18.3 Å². The fourth-order valence-corrected chi connectivity index (χ4v) is 2.64. The van der Waals surface area contributed by atoms with Crippen LogP contribution in [0.3, 0.4) is 0 Å². The van der Waals surface area contributed by atoms with Gasteiger partial charge in [-0.15, -0.1) is 0 Å². The van der Waals surface area contributed by atoms with Gasteiger partial charge in [-0.05, 0) is 30.7 Å². The largest absolute Gasteiger partial charge is 0.495 e. The second-order valence-electron chi connectivity index (χ2n) is 5.38. The maximum Gasteiger partial charge on any atom is 0.271 e. The fourth-order valence-electron chi connectivity index (χ4n) is 2.39. The van der Waals surface area contributed by atoms with Crippen molar-refractivity contribution in [2.45, 2.75) is 13.5 Å². The van der Waals surface area contributed by atoms with Gasteiger partial charge in [0, 0.05) is 13.3 Å². The van der Waals surface area contributed by atoms with Crippen LogP contribution in [0.15, 0.2) is 28.0 Å². The van der Waals surface area contributed by atoms with Crippen molar-refractivity contribution >= 4 is 23.5 Å². The van der Waals surface area contributed by atoms with Gasteiger partial charge in [0.2, 0.25) is 5.88 Å². The predicted octanol–water partition coefficient (Wildman–Crippen LogP) is 2.79. The van der Waals surface area contributed by atoms with E-state index in [0.29, 0.717) is 22.0 Å². The van der Waals surface area contributed by atoms with E-state index in [9.17, 15) is 15.2 Å². The van der Waals surface area contributed by atoms with E-state index >= 15 is 0 Å². The molecule has 0 atom stereocenters. The summed E-state index contributed by atoms with van der Waals surface area (Å²) < 4.78 is 11.1. The highest BCUT2D eigenvalue weighted by atomic mass is 35.5. The molecule has 0 aliphatic carbocycles. The van der Waals surface area contributed by atoms with Crippen molar-refractivity contribution in [2.24, 2.45) is 4.99 Å². The molecule has 0 saturated carbocycles. The van der Waals surface area contributed by atoms with E-state index in [1.807, 2.05) is 6.07 Å². The molecule has 26 heavy (non-hydrogen) atoms. The Labute approximate surface area is 155 Å². The standard InChI is InChI=1S/C18H18ClN3O4/c1-11-13(9-20)17(23)22(6-7-25-2)18(24)14(11)10-21-12-4-5-16(26-3)15(19)8-12/h4-5,8,10,24H,6-7H2,1-3H3. The zero-order valence-electron chi connectivity index (χ0n) is 14.6. The van der Waals surface area contributed by atoms with Gasteiger partial charge in [0.25, 0.3) is 5.56 Å². The van der Waals surface area contributed by atoms with Crippen LogP contribution < -0.4 is 10.3 Å². The first-order chi connectivity index (χ1) is 12.4. The van der Waals surface area contributed by atoms with Crippen LogP contribution >= 0.6 is 11.6 Å². The molecule has 0 aliphatic heterocycles. The van der Waals surface area contributed by atoms with Gasteiger partial charge in [-0.3, -0.25) is 14.4 Å². The lowest BCUT2D eigenvalue weighted by Gasteiger charge is -2.13. The minimum atomic E-state index is -0.566. The fraction of sp³-hybridized carbons (Fsp3) is 0.278. The van der Waals surface area contributed by atoms with Crippen LogP contribution in [0.4, 0.5) is 5.69 Å². The van der Waals surface area contributed by atoms with E-state index < -0.39 is 5.56 Å². The van der Waals surface area contributed by atoms with E-state index in [4.69, 9.17) is 21.1 Å². The highest BCUT2D eigenvalue weighted by Gasteiger charge is 2.17. The summed E-state index contributed by atoms with van der Waals surface area (Å²) in [6.07, 6.45) is 1.40. The number of pyridine rings is 1. The summed E-state index contributed by atoms with van der Waals surface area (Å²) in [5, 5.41) is 20.2. The molecule has 0 fully saturated rings. The normalized spacial score (nSPS) is 10.9. The molecule has 1 aromatic heterocycles. The summed E-state index contributed by atoms with van der Waals surface area (Å²) in [7, 11) is 3.00. The zero-order valence-corrected chi connectivity index (χ0v) is 15.4. The third-order valence-corrected chi connectivity index (χ3v) is 4.14. The molecule has 2 rings (SSSR count). The van der Waals surface area contributed by atoms with Gasteiger partial charge in [0.05, 0.1) is 36.5 Å².